The van der Waals surface area contributed by atoms with E-state index in [4.69, 9.17) is 4.74 Å². The lowest BCUT2D eigenvalue weighted by molar-refractivity contribution is 0.0600. The van der Waals surface area contributed by atoms with Gasteiger partial charge in [-0.3, -0.25) is 3.97 Å². The first-order chi connectivity index (χ1) is 22.3. The van der Waals surface area contributed by atoms with Gasteiger partial charge in [0.2, 0.25) is 0 Å². The van der Waals surface area contributed by atoms with E-state index in [-0.39, 0.29) is 16.7 Å². The second-order valence-electron chi connectivity index (χ2n) is 10.2. The highest BCUT2D eigenvalue weighted by Gasteiger charge is 2.24. The summed E-state index contributed by atoms with van der Waals surface area (Å²) < 4.78 is 48.2. The molecule has 0 bridgehead atoms. The van der Waals surface area contributed by atoms with Crippen molar-refractivity contribution in [3.8, 4) is 45.6 Å². The van der Waals surface area contributed by atoms with Crippen LogP contribution in [0.1, 0.15) is 33.5 Å². The number of alkyl halides is 2. The maximum atomic E-state index is 14.9. The van der Waals surface area contributed by atoms with Gasteiger partial charge < -0.3 is 4.74 Å². The summed E-state index contributed by atoms with van der Waals surface area (Å²) >= 11 is 1.27. The van der Waals surface area contributed by atoms with Crippen molar-refractivity contribution in [1.82, 2.24) is 3.97 Å². The molecule has 6 aromatic rings. The minimum atomic E-state index is -2.61. The number of rotatable bonds is 7. The molecule has 0 amide bonds. The predicted octanol–water partition coefficient (Wildman–Crippen LogP) is 9.80. The Morgan fingerprint density at radius 2 is 1.54 bits per heavy atom. The zero-order chi connectivity index (χ0) is 32.4. The third-order valence-corrected chi connectivity index (χ3v) is 8.59. The number of halogens is 3. The number of nitrogens with zero attached hydrogens (tertiary/aromatic N) is 3. The second kappa shape index (κ2) is 12.7. The summed E-state index contributed by atoms with van der Waals surface area (Å²) in [7, 11) is 1.27. The van der Waals surface area contributed by atoms with Crippen LogP contribution < -0.4 is 0 Å². The van der Waals surface area contributed by atoms with Gasteiger partial charge in [-0.1, -0.05) is 54.6 Å². The molecule has 0 spiro atoms. The standard InChI is InChI=1S/C37H22F3N3O2S/c1-45-37(44)25-11-15-30(27(18-25)21-42)23-6-4-7-24(17-23)35-34(31-8-3-2-5-26(31)20-41)32-19-28(38)12-16-33(32)43(35)46-29-13-9-22(10-14-29)36(39)40/h2-19,36H,1H3. The SMILES string of the molecule is COC(=O)c1ccc(-c2cccc(-c3c(-c4ccccc4C#N)c4cc(F)ccc4n3Sc3ccc(C(F)F)cc3)c2)c(C#N)c1. The van der Waals surface area contributed by atoms with Crippen molar-refractivity contribution in [1.29, 1.82) is 10.5 Å². The number of benzene rings is 5. The van der Waals surface area contributed by atoms with Gasteiger partial charge in [0.25, 0.3) is 6.43 Å². The molecular weight excluding hydrogens is 607 g/mol. The van der Waals surface area contributed by atoms with Gasteiger partial charge in [0, 0.05) is 32.5 Å². The largest absolute Gasteiger partial charge is 0.465 e. The van der Waals surface area contributed by atoms with Crippen LogP contribution in [0.15, 0.2) is 114 Å². The highest BCUT2D eigenvalue weighted by molar-refractivity contribution is 7.98. The molecule has 5 aromatic carbocycles. The van der Waals surface area contributed by atoms with E-state index < -0.39 is 18.2 Å². The van der Waals surface area contributed by atoms with Crippen LogP contribution >= 0.6 is 11.9 Å². The van der Waals surface area contributed by atoms with Crippen LogP contribution in [0.25, 0.3) is 44.4 Å². The van der Waals surface area contributed by atoms with Crippen molar-refractivity contribution in [3.05, 3.63) is 137 Å². The number of nitriles is 2. The van der Waals surface area contributed by atoms with Gasteiger partial charge in [-0.25, -0.2) is 18.0 Å². The molecule has 9 heteroatoms. The number of hydrogen-bond donors (Lipinski definition) is 0. The van der Waals surface area contributed by atoms with E-state index in [1.807, 2.05) is 28.2 Å². The summed E-state index contributed by atoms with van der Waals surface area (Å²) in [5.41, 5.74) is 5.23. The topological polar surface area (TPSA) is 78.8 Å². The Hall–Kier alpha value is -5.77. The van der Waals surface area contributed by atoms with E-state index in [0.717, 1.165) is 0 Å². The van der Waals surface area contributed by atoms with Crippen molar-refractivity contribution >= 4 is 28.8 Å². The summed E-state index contributed by atoms with van der Waals surface area (Å²) in [5.74, 6) is -1.02. The molecule has 0 saturated heterocycles. The van der Waals surface area contributed by atoms with Gasteiger partial charge in [-0.2, -0.15) is 10.5 Å². The molecule has 0 N–H and O–H groups in total. The average Bonchev–Trinajstić information content (AvgIpc) is 3.40. The zero-order valence-corrected chi connectivity index (χ0v) is 25.0. The lowest BCUT2D eigenvalue weighted by Gasteiger charge is -2.15. The Kier molecular flexibility index (Phi) is 8.35. The second-order valence-corrected chi connectivity index (χ2v) is 11.3. The summed E-state index contributed by atoms with van der Waals surface area (Å²) in [6.45, 7) is 0. The van der Waals surface area contributed by atoms with E-state index in [2.05, 4.69) is 12.1 Å². The van der Waals surface area contributed by atoms with Crippen molar-refractivity contribution < 1.29 is 22.7 Å². The summed E-state index contributed by atoms with van der Waals surface area (Å²) in [6, 6.07) is 34.0. The Bertz CT molecular complexity index is 2210. The van der Waals surface area contributed by atoms with Crippen molar-refractivity contribution in [2.45, 2.75) is 11.3 Å². The summed E-state index contributed by atoms with van der Waals surface area (Å²) in [5, 5.41) is 20.6. The molecule has 0 fully saturated rings. The van der Waals surface area contributed by atoms with Crippen LogP contribution in [-0.4, -0.2) is 17.1 Å². The van der Waals surface area contributed by atoms with Gasteiger partial charge >= 0.3 is 5.97 Å². The molecule has 0 atom stereocenters. The number of carbonyl (C=O) groups is 1. The summed E-state index contributed by atoms with van der Waals surface area (Å²) in [6.07, 6.45) is -2.61. The Morgan fingerprint density at radius 3 is 2.26 bits per heavy atom. The molecule has 0 aliphatic carbocycles. The highest BCUT2D eigenvalue weighted by Crippen LogP contribution is 2.46. The van der Waals surface area contributed by atoms with Crippen LogP contribution in [0.3, 0.4) is 0 Å². The van der Waals surface area contributed by atoms with Crippen LogP contribution in [0.2, 0.25) is 0 Å². The Morgan fingerprint density at radius 1 is 0.804 bits per heavy atom. The number of methoxy groups -OCH3 is 1. The molecule has 1 aromatic heterocycles. The van der Waals surface area contributed by atoms with E-state index in [1.54, 1.807) is 54.6 Å². The van der Waals surface area contributed by atoms with Crippen molar-refractivity contribution in [3.63, 3.8) is 0 Å². The van der Waals surface area contributed by atoms with Crippen molar-refractivity contribution in [2.75, 3.05) is 7.11 Å². The molecule has 224 valence electrons. The number of carbonyl (C=O) groups excluding carboxylic acids is 1. The molecule has 0 aliphatic heterocycles. The summed E-state index contributed by atoms with van der Waals surface area (Å²) in [4.78, 5) is 12.8. The molecule has 5 nitrogen and oxygen atoms in total. The van der Waals surface area contributed by atoms with E-state index in [9.17, 15) is 28.5 Å². The van der Waals surface area contributed by atoms with Crippen LogP contribution in [-0.2, 0) is 4.74 Å². The normalized spacial score (nSPS) is 10.9. The third-order valence-electron chi connectivity index (χ3n) is 7.54. The molecule has 6 rings (SSSR count). The number of ether oxygens (including phenoxy) is 1. The first-order valence-electron chi connectivity index (χ1n) is 14.0. The number of esters is 1. The fourth-order valence-electron chi connectivity index (χ4n) is 5.41. The van der Waals surface area contributed by atoms with Gasteiger partial charge in [0.15, 0.2) is 0 Å². The number of aromatic nitrogens is 1. The molecule has 0 radical (unpaired) electrons. The lowest BCUT2D eigenvalue weighted by atomic mass is 9.92. The van der Waals surface area contributed by atoms with Gasteiger partial charge in [0.05, 0.1) is 47.1 Å². The Labute approximate surface area is 266 Å². The molecule has 0 aliphatic rings. The van der Waals surface area contributed by atoms with E-state index in [0.29, 0.717) is 54.9 Å². The van der Waals surface area contributed by atoms with E-state index >= 15 is 0 Å². The molecular formula is C37H22F3N3O2S. The number of fused-ring (bicyclic) bond motifs is 1. The Balaban J connectivity index is 1.63. The molecule has 0 unspecified atom stereocenters. The molecule has 46 heavy (non-hydrogen) atoms. The van der Waals surface area contributed by atoms with Gasteiger partial charge in [0.1, 0.15) is 5.82 Å². The minimum absolute atomic E-state index is 0.105. The average molecular weight is 630 g/mol. The first-order valence-corrected chi connectivity index (χ1v) is 14.7. The lowest BCUT2D eigenvalue weighted by Crippen LogP contribution is -2.02. The monoisotopic (exact) mass is 629 g/mol. The molecule has 0 saturated carbocycles. The minimum Gasteiger partial charge on any atom is -0.465 e. The van der Waals surface area contributed by atoms with Crippen LogP contribution in [0.4, 0.5) is 13.2 Å². The predicted molar refractivity (Wildman–Crippen MR) is 172 cm³/mol. The maximum Gasteiger partial charge on any atom is 0.337 e. The fraction of sp³-hybridized carbons (Fsp3) is 0.0541. The number of hydrogen-bond acceptors (Lipinski definition) is 5. The van der Waals surface area contributed by atoms with Gasteiger partial charge in [-0.05, 0) is 77.7 Å². The highest BCUT2D eigenvalue weighted by atomic mass is 32.2. The third kappa shape index (κ3) is 5.61. The van der Waals surface area contributed by atoms with Crippen LogP contribution in [0, 0.1) is 28.5 Å². The molecule has 1 heterocycles. The maximum absolute atomic E-state index is 14.9. The fourth-order valence-corrected chi connectivity index (χ4v) is 6.42. The van der Waals surface area contributed by atoms with Crippen LogP contribution in [0.5, 0.6) is 0 Å². The quantitative estimate of drug-likeness (QED) is 0.164. The van der Waals surface area contributed by atoms with E-state index in [1.165, 1.54) is 49.4 Å². The zero-order valence-electron chi connectivity index (χ0n) is 24.2. The van der Waals surface area contributed by atoms with Crippen molar-refractivity contribution in [2.24, 2.45) is 0 Å². The smallest absolute Gasteiger partial charge is 0.337 e. The van der Waals surface area contributed by atoms with Gasteiger partial charge in [-0.15, -0.1) is 0 Å². The first kappa shape index (κ1) is 30.3.